The number of carbonyl (C=O) groups excluding carboxylic acids is 1. The minimum atomic E-state index is -0.562. The number of amides is 1. The fourth-order valence-electron chi connectivity index (χ4n) is 1.51. The Balaban J connectivity index is 3.12. The van der Waals surface area contributed by atoms with Gasteiger partial charge < -0.3 is 10.0 Å². The van der Waals surface area contributed by atoms with E-state index < -0.39 is 10.8 Å². The van der Waals surface area contributed by atoms with Crippen molar-refractivity contribution in [3.63, 3.8) is 0 Å². The van der Waals surface area contributed by atoms with Crippen molar-refractivity contribution in [3.8, 4) is 0 Å². The molecule has 0 saturated heterocycles. The van der Waals surface area contributed by atoms with E-state index in [9.17, 15) is 14.9 Å². The van der Waals surface area contributed by atoms with Crippen LogP contribution in [0.5, 0.6) is 0 Å². The summed E-state index contributed by atoms with van der Waals surface area (Å²) in [5.74, 6) is -0.399. The SMILES string of the molecule is C=CCN(CCO)C(=O)c1cc([N+](=O)[O-])ccc1Br. The van der Waals surface area contributed by atoms with Crippen molar-refractivity contribution in [2.24, 2.45) is 0 Å². The van der Waals surface area contributed by atoms with Crippen LogP contribution in [0.2, 0.25) is 0 Å². The highest BCUT2D eigenvalue weighted by Crippen LogP contribution is 2.23. The topological polar surface area (TPSA) is 83.7 Å². The fourth-order valence-corrected chi connectivity index (χ4v) is 1.93. The van der Waals surface area contributed by atoms with Gasteiger partial charge in [0.2, 0.25) is 0 Å². The lowest BCUT2D eigenvalue weighted by Gasteiger charge is -2.20. The molecule has 1 N–H and O–H groups in total. The molecule has 0 aliphatic carbocycles. The summed E-state index contributed by atoms with van der Waals surface area (Å²) >= 11 is 3.19. The summed E-state index contributed by atoms with van der Waals surface area (Å²) < 4.78 is 0.468. The van der Waals surface area contributed by atoms with Crippen molar-refractivity contribution in [1.29, 1.82) is 0 Å². The second kappa shape index (κ2) is 7.01. The maximum Gasteiger partial charge on any atom is 0.270 e. The number of benzene rings is 1. The molecular weight excluding hydrogens is 316 g/mol. The number of non-ortho nitro benzene ring substituents is 1. The predicted molar refractivity (Wildman–Crippen MR) is 74.0 cm³/mol. The van der Waals surface area contributed by atoms with E-state index in [4.69, 9.17) is 5.11 Å². The first-order chi connectivity index (χ1) is 9.01. The van der Waals surface area contributed by atoms with Crippen LogP contribution in [0.1, 0.15) is 10.4 Å². The molecule has 0 aromatic heterocycles. The van der Waals surface area contributed by atoms with Gasteiger partial charge in [0.05, 0.1) is 17.1 Å². The van der Waals surface area contributed by atoms with E-state index in [0.717, 1.165) is 0 Å². The quantitative estimate of drug-likeness (QED) is 0.491. The van der Waals surface area contributed by atoms with E-state index in [1.54, 1.807) is 0 Å². The highest BCUT2D eigenvalue weighted by molar-refractivity contribution is 9.10. The van der Waals surface area contributed by atoms with Gasteiger partial charge >= 0.3 is 0 Å². The first-order valence-corrected chi connectivity index (χ1v) is 6.25. The Morgan fingerprint density at radius 1 is 1.58 bits per heavy atom. The molecule has 0 fully saturated rings. The Kier molecular flexibility index (Phi) is 5.65. The molecule has 0 atom stereocenters. The van der Waals surface area contributed by atoms with Crippen LogP contribution in [0.3, 0.4) is 0 Å². The molecule has 0 spiro atoms. The summed E-state index contributed by atoms with van der Waals surface area (Å²) in [7, 11) is 0. The van der Waals surface area contributed by atoms with E-state index in [-0.39, 0.29) is 30.9 Å². The number of aliphatic hydroxyl groups excluding tert-OH is 1. The van der Waals surface area contributed by atoms with Gasteiger partial charge in [-0.3, -0.25) is 14.9 Å². The standard InChI is InChI=1S/C12H13BrN2O4/c1-2-5-14(6-7-16)12(17)10-8-9(15(18)19)3-4-11(10)13/h2-4,8,16H,1,5-7H2. The van der Waals surface area contributed by atoms with Crippen molar-refractivity contribution in [3.05, 3.63) is 51.0 Å². The molecule has 1 rings (SSSR count). The Bertz CT molecular complexity index is 505. The van der Waals surface area contributed by atoms with Gasteiger partial charge in [0.25, 0.3) is 11.6 Å². The predicted octanol–water partition coefficient (Wildman–Crippen LogP) is 1.98. The lowest BCUT2D eigenvalue weighted by molar-refractivity contribution is -0.384. The van der Waals surface area contributed by atoms with Crippen molar-refractivity contribution in [1.82, 2.24) is 4.90 Å². The third-order valence-electron chi connectivity index (χ3n) is 2.40. The number of nitro benzene ring substituents is 1. The van der Waals surface area contributed by atoms with Crippen LogP contribution >= 0.6 is 15.9 Å². The van der Waals surface area contributed by atoms with E-state index >= 15 is 0 Å². The molecule has 0 bridgehead atoms. The smallest absolute Gasteiger partial charge is 0.270 e. The number of aliphatic hydroxyl groups is 1. The first-order valence-electron chi connectivity index (χ1n) is 5.46. The fraction of sp³-hybridized carbons (Fsp3) is 0.250. The summed E-state index contributed by atoms with van der Waals surface area (Å²) in [5, 5.41) is 19.6. The van der Waals surface area contributed by atoms with Gasteiger partial charge in [-0.15, -0.1) is 6.58 Å². The number of halogens is 1. The number of hydrogen-bond acceptors (Lipinski definition) is 4. The minimum Gasteiger partial charge on any atom is -0.395 e. The molecule has 19 heavy (non-hydrogen) atoms. The molecule has 102 valence electrons. The molecule has 0 heterocycles. The Hall–Kier alpha value is -1.73. The molecule has 1 aromatic rings. The maximum atomic E-state index is 12.2. The molecule has 7 heteroatoms. The number of carbonyl (C=O) groups is 1. The van der Waals surface area contributed by atoms with Crippen LogP contribution in [-0.4, -0.2) is 40.5 Å². The molecule has 0 unspecified atom stereocenters. The van der Waals surface area contributed by atoms with E-state index in [1.165, 1.54) is 29.2 Å². The third-order valence-corrected chi connectivity index (χ3v) is 3.09. The number of nitrogens with zero attached hydrogens (tertiary/aromatic N) is 2. The second-order valence-corrected chi connectivity index (χ2v) is 4.54. The van der Waals surface area contributed by atoms with E-state index in [1.807, 2.05) is 0 Å². The van der Waals surface area contributed by atoms with Gasteiger partial charge in [0, 0.05) is 29.7 Å². The van der Waals surface area contributed by atoms with Gasteiger partial charge in [0.1, 0.15) is 0 Å². The number of hydrogen-bond donors (Lipinski definition) is 1. The van der Waals surface area contributed by atoms with Crippen LogP contribution in [0, 0.1) is 10.1 Å². The van der Waals surface area contributed by atoms with Gasteiger partial charge in [-0.1, -0.05) is 6.08 Å². The van der Waals surface area contributed by atoms with Gasteiger partial charge in [-0.25, -0.2) is 0 Å². The highest BCUT2D eigenvalue weighted by Gasteiger charge is 2.20. The molecule has 1 aromatic carbocycles. The van der Waals surface area contributed by atoms with Crippen molar-refractivity contribution in [2.75, 3.05) is 19.7 Å². The summed E-state index contributed by atoms with van der Waals surface area (Å²) in [4.78, 5) is 23.7. The van der Waals surface area contributed by atoms with Crippen molar-refractivity contribution in [2.45, 2.75) is 0 Å². The van der Waals surface area contributed by atoms with Crippen molar-refractivity contribution < 1.29 is 14.8 Å². The minimum absolute atomic E-state index is 0.139. The second-order valence-electron chi connectivity index (χ2n) is 3.68. The molecular formula is C12H13BrN2O4. The van der Waals surface area contributed by atoms with Crippen LogP contribution in [0.25, 0.3) is 0 Å². The first kappa shape index (κ1) is 15.3. The summed E-state index contributed by atoms with van der Waals surface area (Å²) in [5.41, 5.74) is 0.0265. The average Bonchev–Trinajstić information content (AvgIpc) is 2.38. The zero-order valence-corrected chi connectivity index (χ0v) is 11.7. The van der Waals surface area contributed by atoms with Gasteiger partial charge in [0.15, 0.2) is 0 Å². The Morgan fingerprint density at radius 3 is 2.79 bits per heavy atom. The van der Waals surface area contributed by atoms with E-state index in [0.29, 0.717) is 4.47 Å². The molecule has 6 nitrogen and oxygen atoms in total. The van der Waals surface area contributed by atoms with Crippen LogP contribution in [0.15, 0.2) is 35.3 Å². The number of rotatable bonds is 6. The molecule has 0 saturated carbocycles. The lowest BCUT2D eigenvalue weighted by Crippen LogP contribution is -2.33. The third kappa shape index (κ3) is 3.87. The maximum absolute atomic E-state index is 12.2. The Morgan fingerprint density at radius 2 is 2.26 bits per heavy atom. The highest BCUT2D eigenvalue weighted by atomic mass is 79.9. The zero-order valence-electron chi connectivity index (χ0n) is 10.1. The average molecular weight is 329 g/mol. The zero-order chi connectivity index (χ0) is 14.4. The number of nitro groups is 1. The van der Waals surface area contributed by atoms with Crippen LogP contribution in [-0.2, 0) is 0 Å². The van der Waals surface area contributed by atoms with Crippen molar-refractivity contribution >= 4 is 27.5 Å². The summed E-state index contributed by atoms with van der Waals surface area (Å²) in [6.45, 7) is 3.74. The summed E-state index contributed by atoms with van der Waals surface area (Å²) in [6.07, 6.45) is 1.53. The lowest BCUT2D eigenvalue weighted by atomic mass is 10.1. The summed E-state index contributed by atoms with van der Waals surface area (Å²) in [6, 6.07) is 3.97. The normalized spacial score (nSPS) is 10.0. The van der Waals surface area contributed by atoms with Gasteiger partial charge in [-0.2, -0.15) is 0 Å². The van der Waals surface area contributed by atoms with Crippen LogP contribution < -0.4 is 0 Å². The van der Waals surface area contributed by atoms with Crippen LogP contribution in [0.4, 0.5) is 5.69 Å². The molecule has 0 aliphatic rings. The Labute approximate surface area is 118 Å². The largest absolute Gasteiger partial charge is 0.395 e. The molecule has 0 aliphatic heterocycles. The monoisotopic (exact) mass is 328 g/mol. The van der Waals surface area contributed by atoms with E-state index in [2.05, 4.69) is 22.5 Å². The van der Waals surface area contributed by atoms with Gasteiger partial charge in [-0.05, 0) is 22.0 Å². The molecule has 0 radical (unpaired) electrons. The molecule has 1 amide bonds.